The lowest BCUT2D eigenvalue weighted by Gasteiger charge is -2.32. The highest BCUT2D eigenvalue weighted by molar-refractivity contribution is 6.31. The topological polar surface area (TPSA) is 20.3 Å². The van der Waals surface area contributed by atoms with Crippen LogP contribution in [0.2, 0.25) is 5.02 Å². The summed E-state index contributed by atoms with van der Waals surface area (Å²) in [6.07, 6.45) is 2.48. The lowest BCUT2D eigenvalue weighted by atomic mass is 9.77. The van der Waals surface area contributed by atoms with Gasteiger partial charge in [-0.25, -0.2) is 4.39 Å². The third-order valence-electron chi connectivity index (χ3n) is 4.36. The van der Waals surface area contributed by atoms with Crippen LogP contribution in [-0.4, -0.2) is 30.8 Å². The second-order valence-corrected chi connectivity index (χ2v) is 7.16. The van der Waals surface area contributed by atoms with Gasteiger partial charge in [-0.1, -0.05) is 31.5 Å². The van der Waals surface area contributed by atoms with E-state index in [4.69, 9.17) is 11.6 Å². The summed E-state index contributed by atoms with van der Waals surface area (Å²) in [5.74, 6) is 0.0500. The number of carbonyl (C=O) groups excluding carboxylic acids is 1. The van der Waals surface area contributed by atoms with Crippen molar-refractivity contribution >= 4 is 17.4 Å². The lowest BCUT2D eigenvalue weighted by Crippen LogP contribution is -2.38. The van der Waals surface area contributed by atoms with Gasteiger partial charge in [0.1, 0.15) is 11.6 Å². The van der Waals surface area contributed by atoms with Crippen molar-refractivity contribution in [3.63, 3.8) is 0 Å². The quantitative estimate of drug-likeness (QED) is 0.836. The fourth-order valence-corrected chi connectivity index (χ4v) is 3.57. The SMILES string of the molecule is CN1CCC[C@H](C(=O)CC(C)(C)c2ccc(F)cc2Cl)C1. The summed E-state index contributed by atoms with van der Waals surface area (Å²) in [4.78, 5) is 14.8. The van der Waals surface area contributed by atoms with E-state index in [0.717, 1.165) is 31.5 Å². The van der Waals surface area contributed by atoms with Gasteiger partial charge in [0.15, 0.2) is 0 Å². The van der Waals surface area contributed by atoms with E-state index in [-0.39, 0.29) is 22.9 Å². The number of piperidine rings is 1. The first-order valence-corrected chi connectivity index (χ1v) is 7.84. The number of benzene rings is 1. The molecule has 0 aromatic heterocycles. The maximum absolute atomic E-state index is 13.2. The summed E-state index contributed by atoms with van der Waals surface area (Å²) in [6.45, 7) is 5.90. The van der Waals surface area contributed by atoms with Gasteiger partial charge in [0.05, 0.1) is 0 Å². The number of rotatable bonds is 4. The molecule has 0 aliphatic carbocycles. The van der Waals surface area contributed by atoms with Crippen molar-refractivity contribution in [2.45, 2.75) is 38.5 Å². The first-order valence-electron chi connectivity index (χ1n) is 7.46. The molecular formula is C17H23ClFNO. The summed E-state index contributed by atoms with van der Waals surface area (Å²) in [5.41, 5.74) is 0.459. The first-order chi connectivity index (χ1) is 9.79. The van der Waals surface area contributed by atoms with Crippen molar-refractivity contribution in [1.29, 1.82) is 0 Å². The molecule has 116 valence electrons. The number of hydrogen-bond acceptors (Lipinski definition) is 2. The average Bonchev–Trinajstić information content (AvgIpc) is 2.37. The van der Waals surface area contributed by atoms with Gasteiger partial charge < -0.3 is 4.90 Å². The summed E-state index contributed by atoms with van der Waals surface area (Å²) in [6, 6.07) is 4.41. The van der Waals surface area contributed by atoms with Crippen molar-refractivity contribution in [3.05, 3.63) is 34.6 Å². The summed E-state index contributed by atoms with van der Waals surface area (Å²) < 4.78 is 13.2. The monoisotopic (exact) mass is 311 g/mol. The number of carbonyl (C=O) groups is 1. The summed E-state index contributed by atoms with van der Waals surface area (Å²) in [5, 5.41) is 0.397. The molecule has 4 heteroatoms. The zero-order valence-corrected chi connectivity index (χ0v) is 13.7. The second-order valence-electron chi connectivity index (χ2n) is 6.75. The van der Waals surface area contributed by atoms with E-state index in [2.05, 4.69) is 11.9 Å². The van der Waals surface area contributed by atoms with Gasteiger partial charge in [0, 0.05) is 23.9 Å². The Hall–Kier alpha value is -0.930. The molecule has 0 unspecified atom stereocenters. The van der Waals surface area contributed by atoms with Gasteiger partial charge in [0.25, 0.3) is 0 Å². The molecule has 21 heavy (non-hydrogen) atoms. The van der Waals surface area contributed by atoms with E-state index < -0.39 is 0 Å². The van der Waals surface area contributed by atoms with E-state index in [1.165, 1.54) is 12.1 Å². The van der Waals surface area contributed by atoms with Gasteiger partial charge >= 0.3 is 0 Å². The predicted octanol–water partition coefficient (Wildman–Crippen LogP) is 4.06. The molecule has 0 saturated carbocycles. The molecule has 1 fully saturated rings. The fraction of sp³-hybridized carbons (Fsp3) is 0.588. The Bertz CT molecular complexity index is 530. The number of likely N-dealkylation sites (tertiary alicyclic amines) is 1. The zero-order valence-electron chi connectivity index (χ0n) is 13.0. The zero-order chi connectivity index (χ0) is 15.6. The molecule has 1 aliphatic heterocycles. The largest absolute Gasteiger partial charge is 0.306 e. The maximum Gasteiger partial charge on any atom is 0.138 e. The second kappa shape index (κ2) is 6.45. The molecule has 1 aromatic rings. The molecule has 1 heterocycles. The van der Waals surface area contributed by atoms with Crippen LogP contribution in [0, 0.1) is 11.7 Å². The minimum atomic E-state index is -0.377. The van der Waals surface area contributed by atoms with Crippen LogP contribution >= 0.6 is 11.6 Å². The number of hydrogen-bond donors (Lipinski definition) is 0. The normalized spacial score (nSPS) is 20.5. The van der Waals surface area contributed by atoms with Gasteiger partial charge in [-0.05, 0) is 49.5 Å². The smallest absolute Gasteiger partial charge is 0.138 e. The summed E-state index contributed by atoms with van der Waals surface area (Å²) in [7, 11) is 2.06. The van der Waals surface area contributed by atoms with Crippen LogP contribution in [0.25, 0.3) is 0 Å². The molecule has 1 aromatic carbocycles. The average molecular weight is 312 g/mol. The lowest BCUT2D eigenvalue weighted by molar-refractivity contribution is -0.125. The van der Waals surface area contributed by atoms with E-state index in [9.17, 15) is 9.18 Å². The number of halogens is 2. The molecule has 1 saturated heterocycles. The van der Waals surface area contributed by atoms with Crippen LogP contribution in [0.4, 0.5) is 4.39 Å². The van der Waals surface area contributed by atoms with Crippen molar-refractivity contribution in [3.8, 4) is 0 Å². The third-order valence-corrected chi connectivity index (χ3v) is 4.67. The van der Waals surface area contributed by atoms with Gasteiger partial charge in [-0.3, -0.25) is 4.79 Å². The molecule has 0 radical (unpaired) electrons. The highest BCUT2D eigenvalue weighted by Gasteiger charge is 2.31. The van der Waals surface area contributed by atoms with E-state index in [1.807, 2.05) is 13.8 Å². The highest BCUT2D eigenvalue weighted by Crippen LogP contribution is 2.34. The van der Waals surface area contributed by atoms with Crippen molar-refractivity contribution in [2.75, 3.05) is 20.1 Å². The number of Topliss-reactive ketones (excluding diaryl/α,β-unsaturated/α-hetero) is 1. The Balaban J connectivity index is 2.11. The van der Waals surface area contributed by atoms with Crippen LogP contribution in [0.1, 0.15) is 38.7 Å². The van der Waals surface area contributed by atoms with Gasteiger partial charge in [-0.2, -0.15) is 0 Å². The molecule has 2 nitrogen and oxygen atoms in total. The molecule has 0 amide bonds. The minimum Gasteiger partial charge on any atom is -0.306 e. The van der Waals surface area contributed by atoms with E-state index in [1.54, 1.807) is 6.07 Å². The molecule has 0 N–H and O–H groups in total. The van der Waals surface area contributed by atoms with Gasteiger partial charge in [0.2, 0.25) is 0 Å². The Morgan fingerprint density at radius 2 is 2.19 bits per heavy atom. The van der Waals surface area contributed by atoms with E-state index >= 15 is 0 Å². The fourth-order valence-electron chi connectivity index (χ4n) is 3.14. The van der Waals surface area contributed by atoms with E-state index in [0.29, 0.717) is 11.4 Å². The molecular weight excluding hydrogens is 289 g/mol. The maximum atomic E-state index is 13.2. The minimum absolute atomic E-state index is 0.113. The Morgan fingerprint density at radius 3 is 2.81 bits per heavy atom. The van der Waals surface area contributed by atoms with Crippen molar-refractivity contribution in [1.82, 2.24) is 4.90 Å². The standard InChI is InChI=1S/C17H23ClFNO/c1-17(2,14-7-6-13(19)9-15(14)18)10-16(21)12-5-4-8-20(3)11-12/h6-7,9,12H,4-5,8,10-11H2,1-3H3/t12-/m0/s1. The van der Waals surface area contributed by atoms with Gasteiger partial charge in [-0.15, -0.1) is 0 Å². The first kappa shape index (κ1) is 16.4. The van der Waals surface area contributed by atoms with Crippen LogP contribution < -0.4 is 0 Å². The summed E-state index contributed by atoms with van der Waals surface area (Å²) >= 11 is 6.15. The van der Waals surface area contributed by atoms with Crippen LogP contribution in [0.15, 0.2) is 18.2 Å². The van der Waals surface area contributed by atoms with Crippen molar-refractivity contribution in [2.24, 2.45) is 5.92 Å². The van der Waals surface area contributed by atoms with Crippen LogP contribution in [-0.2, 0) is 10.2 Å². The molecule has 2 rings (SSSR count). The molecule has 0 bridgehead atoms. The molecule has 1 aliphatic rings. The van der Waals surface area contributed by atoms with Crippen LogP contribution in [0.3, 0.4) is 0 Å². The third kappa shape index (κ3) is 4.04. The number of ketones is 1. The molecule has 1 atom stereocenters. The highest BCUT2D eigenvalue weighted by atomic mass is 35.5. The predicted molar refractivity (Wildman–Crippen MR) is 84.3 cm³/mol. The Morgan fingerprint density at radius 1 is 1.48 bits per heavy atom. The molecule has 0 spiro atoms. The van der Waals surface area contributed by atoms with Crippen molar-refractivity contribution < 1.29 is 9.18 Å². The Kier molecular flexibility index (Phi) is 5.05. The number of nitrogens with zero attached hydrogens (tertiary/aromatic N) is 1. The Labute approximate surface area is 131 Å². The van der Waals surface area contributed by atoms with Crippen LogP contribution in [0.5, 0.6) is 0 Å².